The minimum atomic E-state index is 0. The van der Waals surface area contributed by atoms with Crippen molar-refractivity contribution in [3.8, 4) is 5.75 Å². The summed E-state index contributed by atoms with van der Waals surface area (Å²) in [6.07, 6.45) is 0. The quantitative estimate of drug-likeness (QED) is 0.911. The van der Waals surface area contributed by atoms with E-state index in [2.05, 4.69) is 29.2 Å². The van der Waals surface area contributed by atoms with Crippen LogP contribution in [0.25, 0.3) is 0 Å². The Morgan fingerprint density at radius 1 is 1.17 bits per heavy atom. The molecule has 0 radical (unpaired) electrons. The molecule has 0 spiro atoms. The number of hydrogen-bond donors (Lipinski definition) is 1. The zero-order valence-electron chi connectivity index (χ0n) is 13.1. The third-order valence-corrected chi connectivity index (χ3v) is 4.67. The van der Waals surface area contributed by atoms with E-state index < -0.39 is 0 Å². The van der Waals surface area contributed by atoms with Crippen LogP contribution in [0.3, 0.4) is 0 Å². The average molecular weight is 353 g/mol. The van der Waals surface area contributed by atoms with E-state index in [9.17, 15) is 0 Å². The summed E-state index contributed by atoms with van der Waals surface area (Å²) in [6, 6.07) is 16.5. The van der Waals surface area contributed by atoms with Gasteiger partial charge in [0.1, 0.15) is 5.75 Å². The van der Waals surface area contributed by atoms with Crippen LogP contribution in [-0.4, -0.2) is 31.1 Å². The molecule has 1 saturated heterocycles. The van der Waals surface area contributed by atoms with Crippen LogP contribution in [0.2, 0.25) is 5.02 Å². The standard InChI is InChI=1S/C18H21ClN2O.ClH/c1-22-15-8-7-14(17(19)9-15)10-21-11-16(18(20)12-21)13-5-3-2-4-6-13;/h2-9,16,18H,10-12,20H2,1H3;1H/t16-,18+;/m0./s1. The fourth-order valence-electron chi connectivity index (χ4n) is 3.12. The molecule has 2 N–H and O–H groups in total. The molecule has 5 heteroatoms. The van der Waals surface area contributed by atoms with Crippen molar-refractivity contribution >= 4 is 24.0 Å². The van der Waals surface area contributed by atoms with Gasteiger partial charge >= 0.3 is 0 Å². The molecule has 2 aromatic carbocycles. The molecule has 0 saturated carbocycles. The molecule has 2 aromatic rings. The Hall–Kier alpha value is -1.26. The number of benzene rings is 2. The Labute approximate surface area is 148 Å². The molecule has 0 amide bonds. The Balaban J connectivity index is 0.00000192. The third kappa shape index (κ3) is 4.18. The van der Waals surface area contributed by atoms with Crippen molar-refractivity contribution in [3.05, 3.63) is 64.7 Å². The number of rotatable bonds is 4. The lowest BCUT2D eigenvalue weighted by Crippen LogP contribution is -2.28. The van der Waals surface area contributed by atoms with E-state index in [0.29, 0.717) is 5.92 Å². The van der Waals surface area contributed by atoms with Gasteiger partial charge in [0, 0.05) is 36.6 Å². The highest BCUT2D eigenvalue weighted by Crippen LogP contribution is 2.29. The fraction of sp³-hybridized carbons (Fsp3) is 0.333. The van der Waals surface area contributed by atoms with E-state index in [0.717, 1.165) is 36.0 Å². The summed E-state index contributed by atoms with van der Waals surface area (Å²) in [6.45, 7) is 2.68. The van der Waals surface area contributed by atoms with Gasteiger partial charge in [0.2, 0.25) is 0 Å². The maximum absolute atomic E-state index is 6.34. The van der Waals surface area contributed by atoms with Gasteiger partial charge in [0.15, 0.2) is 0 Å². The Kier molecular flexibility index (Phi) is 6.31. The molecular formula is C18H22Cl2N2O. The number of halogens is 2. The van der Waals surface area contributed by atoms with Crippen molar-refractivity contribution < 1.29 is 4.74 Å². The maximum Gasteiger partial charge on any atom is 0.120 e. The van der Waals surface area contributed by atoms with Gasteiger partial charge in [-0.05, 0) is 23.3 Å². The molecule has 124 valence electrons. The minimum absolute atomic E-state index is 0. The molecule has 1 heterocycles. The Morgan fingerprint density at radius 3 is 2.57 bits per heavy atom. The highest BCUT2D eigenvalue weighted by atomic mass is 35.5. The molecule has 3 rings (SSSR count). The van der Waals surface area contributed by atoms with E-state index >= 15 is 0 Å². The van der Waals surface area contributed by atoms with Gasteiger partial charge in [-0.15, -0.1) is 12.4 Å². The van der Waals surface area contributed by atoms with Crippen LogP contribution in [0.15, 0.2) is 48.5 Å². The number of nitrogens with zero attached hydrogens (tertiary/aromatic N) is 1. The first-order chi connectivity index (χ1) is 10.7. The molecule has 1 aliphatic heterocycles. The summed E-state index contributed by atoms with van der Waals surface area (Å²) in [5.41, 5.74) is 8.78. The summed E-state index contributed by atoms with van der Waals surface area (Å²) in [4.78, 5) is 2.37. The lowest BCUT2D eigenvalue weighted by Gasteiger charge is -2.17. The predicted octanol–water partition coefficient (Wildman–Crippen LogP) is 3.70. The molecule has 2 atom stereocenters. The van der Waals surface area contributed by atoms with Gasteiger partial charge in [0.05, 0.1) is 7.11 Å². The van der Waals surface area contributed by atoms with Crippen LogP contribution in [0.4, 0.5) is 0 Å². The zero-order valence-corrected chi connectivity index (χ0v) is 14.7. The Bertz CT molecular complexity index is 636. The van der Waals surface area contributed by atoms with Gasteiger partial charge in [-0.2, -0.15) is 0 Å². The highest BCUT2D eigenvalue weighted by molar-refractivity contribution is 6.31. The van der Waals surface area contributed by atoms with Crippen LogP contribution in [-0.2, 0) is 6.54 Å². The first-order valence-electron chi connectivity index (χ1n) is 7.52. The predicted molar refractivity (Wildman–Crippen MR) is 97.7 cm³/mol. The summed E-state index contributed by atoms with van der Waals surface area (Å²) in [7, 11) is 1.65. The van der Waals surface area contributed by atoms with Crippen LogP contribution < -0.4 is 10.5 Å². The van der Waals surface area contributed by atoms with Crippen molar-refractivity contribution in [1.29, 1.82) is 0 Å². The van der Waals surface area contributed by atoms with E-state index in [1.54, 1.807) is 7.11 Å². The molecule has 0 aliphatic carbocycles. The van der Waals surface area contributed by atoms with Gasteiger partial charge < -0.3 is 10.5 Å². The molecule has 1 fully saturated rings. The van der Waals surface area contributed by atoms with E-state index in [4.69, 9.17) is 22.1 Å². The second-order valence-corrected chi connectivity index (χ2v) is 6.24. The fourth-order valence-corrected chi connectivity index (χ4v) is 3.35. The average Bonchev–Trinajstić information content (AvgIpc) is 2.91. The molecule has 0 aromatic heterocycles. The number of ether oxygens (including phenoxy) is 1. The Morgan fingerprint density at radius 2 is 1.91 bits per heavy atom. The first kappa shape index (κ1) is 18.1. The lowest BCUT2D eigenvalue weighted by atomic mass is 9.95. The van der Waals surface area contributed by atoms with E-state index in [-0.39, 0.29) is 18.4 Å². The largest absolute Gasteiger partial charge is 0.497 e. The molecule has 23 heavy (non-hydrogen) atoms. The number of likely N-dealkylation sites (tertiary alicyclic amines) is 1. The van der Waals surface area contributed by atoms with Crippen molar-refractivity contribution in [3.63, 3.8) is 0 Å². The third-order valence-electron chi connectivity index (χ3n) is 4.32. The summed E-state index contributed by atoms with van der Waals surface area (Å²) >= 11 is 6.34. The zero-order chi connectivity index (χ0) is 15.5. The molecule has 1 aliphatic rings. The maximum atomic E-state index is 6.34. The topological polar surface area (TPSA) is 38.5 Å². The minimum Gasteiger partial charge on any atom is -0.497 e. The van der Waals surface area contributed by atoms with Crippen molar-refractivity contribution in [2.75, 3.05) is 20.2 Å². The highest BCUT2D eigenvalue weighted by Gasteiger charge is 2.31. The SMILES string of the molecule is COc1ccc(CN2C[C@@H](N)[C@H](c3ccccc3)C2)c(Cl)c1.Cl. The van der Waals surface area contributed by atoms with E-state index in [1.807, 2.05) is 24.3 Å². The smallest absolute Gasteiger partial charge is 0.120 e. The summed E-state index contributed by atoms with van der Waals surface area (Å²) < 4.78 is 5.19. The summed E-state index contributed by atoms with van der Waals surface area (Å²) in [5, 5.41) is 0.746. The van der Waals surface area contributed by atoms with Crippen molar-refractivity contribution in [2.45, 2.75) is 18.5 Å². The second-order valence-electron chi connectivity index (χ2n) is 5.83. The van der Waals surface area contributed by atoms with Crippen LogP contribution in [0.5, 0.6) is 5.75 Å². The van der Waals surface area contributed by atoms with Crippen LogP contribution in [0, 0.1) is 0 Å². The van der Waals surface area contributed by atoms with Crippen LogP contribution >= 0.6 is 24.0 Å². The second kappa shape index (κ2) is 8.02. The first-order valence-corrected chi connectivity index (χ1v) is 7.90. The van der Waals surface area contributed by atoms with Crippen molar-refractivity contribution in [2.24, 2.45) is 5.73 Å². The summed E-state index contributed by atoms with van der Waals surface area (Å²) in [5.74, 6) is 1.17. The number of hydrogen-bond acceptors (Lipinski definition) is 3. The van der Waals surface area contributed by atoms with Gasteiger partial charge in [-0.25, -0.2) is 0 Å². The molecule has 3 nitrogen and oxygen atoms in total. The molecular weight excluding hydrogens is 331 g/mol. The van der Waals surface area contributed by atoms with E-state index in [1.165, 1.54) is 5.56 Å². The monoisotopic (exact) mass is 352 g/mol. The van der Waals surface area contributed by atoms with Gasteiger partial charge in [0.25, 0.3) is 0 Å². The van der Waals surface area contributed by atoms with Crippen molar-refractivity contribution in [1.82, 2.24) is 4.90 Å². The molecule has 0 bridgehead atoms. The van der Waals surface area contributed by atoms with Crippen LogP contribution in [0.1, 0.15) is 17.0 Å². The molecule has 0 unspecified atom stereocenters. The van der Waals surface area contributed by atoms with Gasteiger partial charge in [-0.1, -0.05) is 48.0 Å². The number of methoxy groups -OCH3 is 1. The lowest BCUT2D eigenvalue weighted by molar-refractivity contribution is 0.323. The normalized spacial score (nSPS) is 21.0. The van der Waals surface area contributed by atoms with Gasteiger partial charge in [-0.3, -0.25) is 4.90 Å². The number of nitrogens with two attached hydrogens (primary N) is 1.